The van der Waals surface area contributed by atoms with Gasteiger partial charge in [0, 0.05) is 18.7 Å². The molecule has 104 valence electrons. The molecule has 0 saturated heterocycles. The second-order valence-corrected chi connectivity index (χ2v) is 4.43. The van der Waals surface area contributed by atoms with Crippen LogP contribution in [0.25, 0.3) is 0 Å². The molecule has 0 atom stereocenters. The first-order valence-electron chi connectivity index (χ1n) is 5.59. The molecule has 0 heterocycles. The van der Waals surface area contributed by atoms with Gasteiger partial charge in [-0.15, -0.1) is 0 Å². The highest BCUT2D eigenvalue weighted by atomic mass is 35.5. The number of hydrogen-bond donors (Lipinski definition) is 1. The Morgan fingerprint density at radius 2 is 1.85 bits per heavy atom. The van der Waals surface area contributed by atoms with Gasteiger partial charge in [0.1, 0.15) is 11.6 Å². The topological polar surface area (TPSA) is 55.2 Å². The van der Waals surface area contributed by atoms with Crippen molar-refractivity contribution in [3.63, 3.8) is 0 Å². The minimum atomic E-state index is -0.612. The predicted octanol–water partition coefficient (Wildman–Crippen LogP) is 4.14. The van der Waals surface area contributed by atoms with E-state index in [9.17, 15) is 18.9 Å². The quantitative estimate of drug-likeness (QED) is 0.682. The maximum absolute atomic E-state index is 13.5. The third-order valence-corrected chi connectivity index (χ3v) is 2.92. The fourth-order valence-electron chi connectivity index (χ4n) is 1.61. The lowest BCUT2D eigenvalue weighted by Crippen LogP contribution is -2.02. The van der Waals surface area contributed by atoms with E-state index in [1.54, 1.807) is 0 Å². The van der Waals surface area contributed by atoms with E-state index in [1.807, 2.05) is 0 Å². The van der Waals surface area contributed by atoms with E-state index < -0.39 is 16.6 Å². The van der Waals surface area contributed by atoms with Crippen molar-refractivity contribution in [2.45, 2.75) is 6.54 Å². The zero-order valence-corrected chi connectivity index (χ0v) is 10.8. The van der Waals surface area contributed by atoms with Gasteiger partial charge in [-0.2, -0.15) is 0 Å². The van der Waals surface area contributed by atoms with Crippen molar-refractivity contribution in [2.75, 3.05) is 5.32 Å². The Bertz CT molecular complexity index is 665. The Labute approximate surface area is 118 Å². The van der Waals surface area contributed by atoms with Gasteiger partial charge in [0.05, 0.1) is 15.6 Å². The molecule has 0 aliphatic heterocycles. The summed E-state index contributed by atoms with van der Waals surface area (Å²) in [5.41, 5.74) is 0.410. The number of nitrogens with one attached hydrogen (secondary N) is 1. The summed E-state index contributed by atoms with van der Waals surface area (Å²) in [4.78, 5) is 10.0. The number of halogens is 3. The van der Waals surface area contributed by atoms with Gasteiger partial charge in [-0.3, -0.25) is 10.1 Å². The molecule has 2 aromatic carbocycles. The number of nitro benzene ring substituents is 1. The van der Waals surface area contributed by atoms with Crippen LogP contribution < -0.4 is 5.32 Å². The summed E-state index contributed by atoms with van der Waals surface area (Å²) in [5, 5.41) is 13.3. The zero-order chi connectivity index (χ0) is 14.7. The lowest BCUT2D eigenvalue weighted by molar-refractivity contribution is -0.384. The molecule has 7 heteroatoms. The number of hydrogen-bond acceptors (Lipinski definition) is 3. The summed E-state index contributed by atoms with van der Waals surface area (Å²) in [6.45, 7) is 0.165. The van der Waals surface area contributed by atoms with E-state index in [0.717, 1.165) is 18.2 Å². The van der Waals surface area contributed by atoms with Crippen LogP contribution in [0, 0.1) is 21.7 Å². The average molecular weight is 299 g/mol. The Kier molecular flexibility index (Phi) is 4.14. The van der Waals surface area contributed by atoms with Crippen LogP contribution >= 0.6 is 11.6 Å². The first kappa shape index (κ1) is 14.2. The van der Waals surface area contributed by atoms with Crippen LogP contribution in [0.3, 0.4) is 0 Å². The second-order valence-electron chi connectivity index (χ2n) is 4.02. The van der Waals surface area contributed by atoms with Gasteiger partial charge in [-0.05, 0) is 23.8 Å². The van der Waals surface area contributed by atoms with Crippen molar-refractivity contribution in [3.8, 4) is 0 Å². The van der Waals surface area contributed by atoms with Crippen LogP contribution in [0.15, 0.2) is 36.4 Å². The van der Waals surface area contributed by atoms with Crippen LogP contribution in [0.1, 0.15) is 5.56 Å². The Hall–Kier alpha value is -2.21. The Balaban J connectivity index is 2.15. The van der Waals surface area contributed by atoms with Gasteiger partial charge in [0.15, 0.2) is 0 Å². The molecule has 0 bridgehead atoms. The van der Waals surface area contributed by atoms with E-state index in [1.165, 1.54) is 18.2 Å². The lowest BCUT2D eigenvalue weighted by Gasteiger charge is -2.08. The van der Waals surface area contributed by atoms with Crippen molar-refractivity contribution in [1.82, 2.24) is 0 Å². The second kappa shape index (κ2) is 5.83. The molecular weight excluding hydrogens is 290 g/mol. The van der Waals surface area contributed by atoms with Gasteiger partial charge in [-0.25, -0.2) is 8.78 Å². The van der Waals surface area contributed by atoms with Crippen molar-refractivity contribution >= 4 is 23.0 Å². The highest BCUT2D eigenvalue weighted by molar-refractivity contribution is 6.30. The van der Waals surface area contributed by atoms with Crippen LogP contribution in [0.5, 0.6) is 0 Å². The number of benzene rings is 2. The molecule has 0 saturated carbocycles. The van der Waals surface area contributed by atoms with Gasteiger partial charge in [-0.1, -0.05) is 17.7 Å². The first-order valence-corrected chi connectivity index (χ1v) is 5.97. The summed E-state index contributed by atoms with van der Waals surface area (Å²) >= 11 is 5.63. The molecule has 0 fully saturated rings. The smallest absolute Gasteiger partial charge is 0.271 e. The molecule has 0 radical (unpaired) electrons. The molecule has 4 nitrogen and oxygen atoms in total. The lowest BCUT2D eigenvalue weighted by atomic mass is 10.2. The Morgan fingerprint density at radius 1 is 1.15 bits per heavy atom. The standard InChI is InChI=1S/C13H9ClF2N2O2/c14-10-5-8(1-3-11(10)15)7-17-13-6-9(18(19)20)2-4-12(13)16/h1-6,17H,7H2. The molecule has 0 aromatic heterocycles. The van der Waals surface area contributed by atoms with Gasteiger partial charge < -0.3 is 5.32 Å². The highest BCUT2D eigenvalue weighted by Gasteiger charge is 2.10. The first-order chi connectivity index (χ1) is 9.47. The normalized spacial score (nSPS) is 10.3. The zero-order valence-electron chi connectivity index (χ0n) is 10.1. The largest absolute Gasteiger partial charge is 0.378 e. The van der Waals surface area contributed by atoms with E-state index >= 15 is 0 Å². The SMILES string of the molecule is O=[N+]([O-])c1ccc(F)c(NCc2ccc(F)c(Cl)c2)c1. The molecule has 2 rings (SSSR count). The van der Waals surface area contributed by atoms with Crippen LogP contribution in [-0.4, -0.2) is 4.92 Å². The minimum absolute atomic E-state index is 0.000326. The third kappa shape index (κ3) is 3.21. The third-order valence-electron chi connectivity index (χ3n) is 2.63. The fourth-order valence-corrected chi connectivity index (χ4v) is 1.81. The van der Waals surface area contributed by atoms with Crippen LogP contribution in [-0.2, 0) is 6.54 Å². The summed E-state index contributed by atoms with van der Waals surface area (Å²) in [6, 6.07) is 7.28. The molecule has 0 unspecified atom stereocenters. The Morgan fingerprint density at radius 3 is 2.50 bits per heavy atom. The van der Waals surface area contributed by atoms with Gasteiger partial charge in [0.25, 0.3) is 5.69 Å². The molecule has 1 N–H and O–H groups in total. The monoisotopic (exact) mass is 298 g/mol. The van der Waals surface area contributed by atoms with Crippen molar-refractivity contribution in [3.05, 3.63) is 68.7 Å². The maximum atomic E-state index is 13.5. The van der Waals surface area contributed by atoms with E-state index in [4.69, 9.17) is 11.6 Å². The van der Waals surface area contributed by atoms with Crippen LogP contribution in [0.2, 0.25) is 5.02 Å². The molecule has 20 heavy (non-hydrogen) atoms. The molecule has 0 amide bonds. The number of non-ortho nitro benzene ring substituents is 1. The van der Waals surface area contributed by atoms with Gasteiger partial charge >= 0.3 is 0 Å². The van der Waals surface area contributed by atoms with E-state index in [0.29, 0.717) is 5.56 Å². The molecule has 0 spiro atoms. The number of nitrogens with zero attached hydrogens (tertiary/aromatic N) is 1. The summed E-state index contributed by atoms with van der Waals surface area (Å²) < 4.78 is 26.5. The summed E-state index contributed by atoms with van der Waals surface area (Å²) in [6.07, 6.45) is 0. The highest BCUT2D eigenvalue weighted by Crippen LogP contribution is 2.22. The summed E-state index contributed by atoms with van der Waals surface area (Å²) in [5.74, 6) is -1.15. The molecule has 0 aliphatic rings. The summed E-state index contributed by atoms with van der Waals surface area (Å²) in [7, 11) is 0. The van der Waals surface area contributed by atoms with E-state index in [-0.39, 0.29) is 22.9 Å². The van der Waals surface area contributed by atoms with Crippen LogP contribution in [0.4, 0.5) is 20.2 Å². The number of nitro groups is 1. The maximum Gasteiger partial charge on any atom is 0.271 e. The average Bonchev–Trinajstić information content (AvgIpc) is 2.41. The van der Waals surface area contributed by atoms with Crippen molar-refractivity contribution in [1.29, 1.82) is 0 Å². The van der Waals surface area contributed by atoms with Crippen molar-refractivity contribution < 1.29 is 13.7 Å². The number of rotatable bonds is 4. The fraction of sp³-hybridized carbons (Fsp3) is 0.0769. The number of anilines is 1. The van der Waals surface area contributed by atoms with Crippen molar-refractivity contribution in [2.24, 2.45) is 0 Å². The van der Waals surface area contributed by atoms with E-state index in [2.05, 4.69) is 5.32 Å². The minimum Gasteiger partial charge on any atom is -0.378 e. The van der Waals surface area contributed by atoms with Gasteiger partial charge in [0.2, 0.25) is 0 Å². The molecule has 2 aromatic rings. The molecule has 0 aliphatic carbocycles. The predicted molar refractivity (Wildman–Crippen MR) is 71.8 cm³/mol. The molecular formula is C13H9ClF2N2O2.